The van der Waals surface area contributed by atoms with Crippen LogP contribution in [0.25, 0.3) is 23.0 Å². The lowest BCUT2D eigenvalue weighted by molar-refractivity contribution is -0.115. The van der Waals surface area contributed by atoms with Gasteiger partial charge in [-0.1, -0.05) is 0 Å². The average Bonchev–Trinajstić information content (AvgIpc) is 3.24. The Labute approximate surface area is 163 Å². The number of carbonyl (C=O) groups excluding carboxylic acids is 3. The van der Waals surface area contributed by atoms with Crippen LogP contribution < -0.4 is 5.32 Å². The zero-order chi connectivity index (χ0) is 19.7. The van der Waals surface area contributed by atoms with Crippen LogP contribution in [0.15, 0.2) is 47.9 Å². The molecule has 0 spiro atoms. The Morgan fingerprint density at radius 2 is 2.14 bits per heavy atom. The molecule has 1 aliphatic heterocycles. The molecule has 1 aliphatic rings. The largest absolute Gasteiger partial charge is 0.462 e. The predicted octanol–water partition coefficient (Wildman–Crippen LogP) is 2.90. The molecule has 3 aromatic heterocycles. The van der Waals surface area contributed by atoms with Crippen LogP contribution in [-0.4, -0.2) is 38.1 Å². The number of nitrogens with zero attached hydrogens (tertiary/aromatic N) is 3. The zero-order valence-electron chi connectivity index (χ0n) is 14.7. The van der Waals surface area contributed by atoms with Crippen LogP contribution in [0.5, 0.6) is 0 Å². The molecule has 0 saturated carbocycles. The molecule has 140 valence electrons. The lowest BCUT2D eigenvalue weighted by Crippen LogP contribution is -2.17. The monoisotopic (exact) mass is 394 g/mol. The maximum absolute atomic E-state index is 12.0. The summed E-state index contributed by atoms with van der Waals surface area (Å²) in [6, 6.07) is 5.30. The van der Waals surface area contributed by atoms with Crippen LogP contribution in [0.1, 0.15) is 22.8 Å². The number of hydrogen-bond acceptors (Lipinski definition) is 7. The van der Waals surface area contributed by atoms with Gasteiger partial charge in [0.1, 0.15) is 5.65 Å². The highest BCUT2D eigenvalue weighted by atomic mass is 32.2. The Bertz CT molecular complexity index is 1150. The molecule has 0 aliphatic carbocycles. The van der Waals surface area contributed by atoms with E-state index in [-0.39, 0.29) is 11.8 Å². The van der Waals surface area contributed by atoms with Crippen LogP contribution >= 0.6 is 11.8 Å². The first-order valence-corrected chi connectivity index (χ1v) is 9.21. The summed E-state index contributed by atoms with van der Waals surface area (Å²) >= 11 is 0.862. The molecular formula is C19H14N4O4S. The van der Waals surface area contributed by atoms with E-state index < -0.39 is 11.9 Å². The van der Waals surface area contributed by atoms with Crippen molar-refractivity contribution < 1.29 is 19.1 Å². The van der Waals surface area contributed by atoms with E-state index in [1.54, 1.807) is 43.7 Å². The topological polar surface area (TPSA) is 103 Å². The van der Waals surface area contributed by atoms with Gasteiger partial charge in [-0.15, -0.1) is 0 Å². The molecular weight excluding hydrogens is 380 g/mol. The van der Waals surface area contributed by atoms with Crippen LogP contribution in [0, 0.1) is 0 Å². The summed E-state index contributed by atoms with van der Waals surface area (Å²) in [5, 5.41) is 1.84. The first-order chi connectivity index (χ1) is 13.5. The van der Waals surface area contributed by atoms with E-state index in [1.165, 1.54) is 6.20 Å². The minimum absolute atomic E-state index is 0.283. The Morgan fingerprint density at radius 3 is 2.89 bits per heavy atom. The number of rotatable bonds is 4. The highest BCUT2D eigenvalue weighted by Gasteiger charge is 2.25. The maximum Gasteiger partial charge on any atom is 0.339 e. The average molecular weight is 394 g/mol. The summed E-state index contributed by atoms with van der Waals surface area (Å²) in [5.74, 6) is -0.850. The molecule has 0 radical (unpaired) electrons. The molecule has 2 amide bonds. The summed E-state index contributed by atoms with van der Waals surface area (Å²) < 4.78 is 6.85. The predicted molar refractivity (Wildman–Crippen MR) is 103 cm³/mol. The van der Waals surface area contributed by atoms with Crippen molar-refractivity contribution in [2.75, 3.05) is 6.61 Å². The lowest BCUT2D eigenvalue weighted by atomic mass is 10.1. The van der Waals surface area contributed by atoms with E-state index in [1.807, 2.05) is 10.5 Å². The van der Waals surface area contributed by atoms with Crippen molar-refractivity contribution in [2.24, 2.45) is 0 Å². The quantitative estimate of drug-likeness (QED) is 0.536. The number of carbonyl (C=O) groups is 3. The Hall–Kier alpha value is -3.46. The first kappa shape index (κ1) is 17.9. The van der Waals surface area contributed by atoms with E-state index in [4.69, 9.17) is 4.74 Å². The van der Waals surface area contributed by atoms with Gasteiger partial charge in [-0.25, -0.2) is 9.78 Å². The fourth-order valence-corrected chi connectivity index (χ4v) is 3.46. The molecule has 1 fully saturated rings. The molecule has 0 unspecified atom stereocenters. The molecule has 4 rings (SSSR count). The van der Waals surface area contributed by atoms with Crippen molar-refractivity contribution in [2.45, 2.75) is 6.92 Å². The Morgan fingerprint density at radius 1 is 1.29 bits per heavy atom. The van der Waals surface area contributed by atoms with E-state index in [0.717, 1.165) is 23.0 Å². The van der Waals surface area contributed by atoms with Crippen molar-refractivity contribution in [1.29, 1.82) is 0 Å². The third kappa shape index (κ3) is 3.39. The maximum atomic E-state index is 12.0. The number of esters is 1. The number of aromatic nitrogens is 3. The number of thioether (sulfide) groups is 1. The number of ether oxygens (including phenoxy) is 1. The van der Waals surface area contributed by atoms with Crippen LogP contribution in [0.2, 0.25) is 0 Å². The number of pyridine rings is 2. The molecule has 9 heteroatoms. The number of imidazole rings is 1. The van der Waals surface area contributed by atoms with E-state index in [2.05, 4.69) is 15.3 Å². The van der Waals surface area contributed by atoms with Crippen molar-refractivity contribution in [3.05, 3.63) is 59.0 Å². The number of hydrogen-bond donors (Lipinski definition) is 1. The van der Waals surface area contributed by atoms with E-state index >= 15 is 0 Å². The molecule has 0 bridgehead atoms. The highest BCUT2D eigenvalue weighted by molar-refractivity contribution is 8.18. The normalized spacial score (nSPS) is 15.2. The summed E-state index contributed by atoms with van der Waals surface area (Å²) in [4.78, 5) is 43.9. The minimum Gasteiger partial charge on any atom is -0.462 e. The molecule has 0 atom stereocenters. The SMILES string of the molecule is CCOC(=O)c1cncc(-c2cnc3ccc(C=C4SC(=O)NC4=O)cn23)c1. The number of imide groups is 1. The van der Waals surface area contributed by atoms with E-state index in [9.17, 15) is 14.4 Å². The van der Waals surface area contributed by atoms with Gasteiger partial charge in [0.05, 0.1) is 29.0 Å². The number of amides is 2. The summed E-state index contributed by atoms with van der Waals surface area (Å²) in [5.41, 5.74) is 3.21. The van der Waals surface area contributed by atoms with Gasteiger partial charge in [-0.05, 0) is 48.5 Å². The minimum atomic E-state index is -0.440. The van der Waals surface area contributed by atoms with Gasteiger partial charge in [0, 0.05) is 24.2 Å². The van der Waals surface area contributed by atoms with Gasteiger partial charge in [-0.3, -0.25) is 24.3 Å². The van der Waals surface area contributed by atoms with Crippen molar-refractivity contribution >= 4 is 40.6 Å². The summed E-state index contributed by atoms with van der Waals surface area (Å²) in [6.45, 7) is 2.02. The van der Waals surface area contributed by atoms with Crippen molar-refractivity contribution in [3.8, 4) is 11.3 Å². The second-order valence-corrected chi connectivity index (χ2v) is 6.88. The van der Waals surface area contributed by atoms with Gasteiger partial charge in [0.2, 0.25) is 0 Å². The van der Waals surface area contributed by atoms with Crippen LogP contribution in [0.4, 0.5) is 4.79 Å². The van der Waals surface area contributed by atoms with Crippen molar-refractivity contribution in [1.82, 2.24) is 19.7 Å². The van der Waals surface area contributed by atoms with E-state index in [0.29, 0.717) is 21.7 Å². The van der Waals surface area contributed by atoms with Gasteiger partial charge >= 0.3 is 5.97 Å². The molecule has 1 saturated heterocycles. The molecule has 28 heavy (non-hydrogen) atoms. The third-order valence-electron chi connectivity index (χ3n) is 4.01. The molecule has 0 aromatic carbocycles. The van der Waals surface area contributed by atoms with Crippen LogP contribution in [-0.2, 0) is 9.53 Å². The van der Waals surface area contributed by atoms with Gasteiger partial charge in [-0.2, -0.15) is 0 Å². The van der Waals surface area contributed by atoms with Crippen molar-refractivity contribution in [3.63, 3.8) is 0 Å². The number of fused-ring (bicyclic) bond motifs is 1. The second-order valence-electron chi connectivity index (χ2n) is 5.87. The Balaban J connectivity index is 1.74. The lowest BCUT2D eigenvalue weighted by Gasteiger charge is -2.06. The first-order valence-electron chi connectivity index (χ1n) is 8.39. The molecule has 3 aromatic rings. The highest BCUT2D eigenvalue weighted by Crippen LogP contribution is 2.27. The molecule has 8 nitrogen and oxygen atoms in total. The second kappa shape index (κ2) is 7.28. The van der Waals surface area contributed by atoms with Gasteiger partial charge in [0.15, 0.2) is 0 Å². The van der Waals surface area contributed by atoms with Gasteiger partial charge in [0.25, 0.3) is 11.1 Å². The van der Waals surface area contributed by atoms with Crippen LogP contribution in [0.3, 0.4) is 0 Å². The zero-order valence-corrected chi connectivity index (χ0v) is 15.5. The molecule has 1 N–H and O–H groups in total. The van der Waals surface area contributed by atoms with Gasteiger partial charge < -0.3 is 4.74 Å². The fraction of sp³-hybridized carbons (Fsp3) is 0.105. The standard InChI is InChI=1S/C19H14N4O4S/c1-2-27-18(25)13-6-12(7-20-8-13)14-9-21-16-4-3-11(10-23(14)16)5-15-17(24)22-19(26)28-15/h3-10H,2H2,1H3,(H,22,24,26). The fourth-order valence-electron chi connectivity index (χ4n) is 2.77. The third-order valence-corrected chi connectivity index (χ3v) is 4.82. The summed E-state index contributed by atoms with van der Waals surface area (Å²) in [7, 11) is 0. The smallest absolute Gasteiger partial charge is 0.339 e. The molecule has 4 heterocycles. The summed E-state index contributed by atoms with van der Waals surface area (Å²) in [6.07, 6.45) is 8.21. The number of nitrogens with one attached hydrogen (secondary N) is 1. The Kier molecular flexibility index (Phi) is 4.66.